The van der Waals surface area contributed by atoms with Crippen LogP contribution in [0.1, 0.15) is 38.3 Å². The van der Waals surface area contributed by atoms with Gasteiger partial charge in [0.05, 0.1) is 6.54 Å². The number of nitrogens with one attached hydrogen (secondary N) is 2. The third-order valence-corrected chi connectivity index (χ3v) is 3.47. The van der Waals surface area contributed by atoms with E-state index in [-0.39, 0.29) is 18.4 Å². The van der Waals surface area contributed by atoms with E-state index in [9.17, 15) is 9.59 Å². The van der Waals surface area contributed by atoms with E-state index < -0.39 is 5.41 Å². The fourth-order valence-electron chi connectivity index (χ4n) is 2.28. The molecule has 0 bridgehead atoms. The van der Waals surface area contributed by atoms with Crippen LogP contribution in [0.2, 0.25) is 0 Å². The maximum atomic E-state index is 11.8. The molecule has 20 heavy (non-hydrogen) atoms. The predicted molar refractivity (Wildman–Crippen MR) is 79.6 cm³/mol. The van der Waals surface area contributed by atoms with Crippen LogP contribution in [-0.4, -0.2) is 18.4 Å². The van der Waals surface area contributed by atoms with Crippen molar-refractivity contribution in [2.75, 3.05) is 11.9 Å². The van der Waals surface area contributed by atoms with Crippen LogP contribution in [0.4, 0.5) is 5.69 Å². The average Bonchev–Trinajstić information content (AvgIpc) is 2.82. The fraction of sp³-hybridized carbons (Fsp3) is 0.500. The first kappa shape index (κ1) is 14.6. The number of hydrogen-bond donors (Lipinski definition) is 2. The molecular weight excluding hydrogens is 252 g/mol. The molecule has 4 nitrogen and oxygen atoms in total. The molecule has 0 unspecified atom stereocenters. The van der Waals surface area contributed by atoms with Gasteiger partial charge in [0.25, 0.3) is 0 Å². The normalized spacial score (nSPS) is 13.8. The van der Waals surface area contributed by atoms with Gasteiger partial charge in [-0.25, -0.2) is 0 Å². The Kier molecular flexibility index (Phi) is 4.12. The number of aryl methyl sites for hydroxylation is 2. The van der Waals surface area contributed by atoms with Crippen molar-refractivity contribution in [2.24, 2.45) is 5.41 Å². The summed E-state index contributed by atoms with van der Waals surface area (Å²) in [4.78, 5) is 23.5. The van der Waals surface area contributed by atoms with E-state index in [2.05, 4.69) is 16.7 Å². The molecule has 2 N–H and O–H groups in total. The van der Waals surface area contributed by atoms with Gasteiger partial charge in [0, 0.05) is 11.1 Å². The van der Waals surface area contributed by atoms with Gasteiger partial charge in [0.1, 0.15) is 0 Å². The quantitative estimate of drug-likeness (QED) is 0.888. The number of rotatable bonds is 3. The van der Waals surface area contributed by atoms with Crippen LogP contribution in [0, 0.1) is 5.41 Å². The summed E-state index contributed by atoms with van der Waals surface area (Å²) in [6.07, 6.45) is 3.40. The van der Waals surface area contributed by atoms with Gasteiger partial charge in [-0.05, 0) is 42.5 Å². The molecule has 0 aromatic heterocycles. The summed E-state index contributed by atoms with van der Waals surface area (Å²) in [7, 11) is 0. The third kappa shape index (κ3) is 3.59. The molecule has 1 aromatic carbocycles. The summed E-state index contributed by atoms with van der Waals surface area (Å²) < 4.78 is 0. The zero-order chi connectivity index (χ0) is 14.8. The van der Waals surface area contributed by atoms with Gasteiger partial charge in [0.15, 0.2) is 0 Å². The highest BCUT2D eigenvalue weighted by atomic mass is 16.2. The van der Waals surface area contributed by atoms with Gasteiger partial charge in [-0.1, -0.05) is 26.8 Å². The lowest BCUT2D eigenvalue weighted by Crippen LogP contribution is -2.39. The first-order valence-electron chi connectivity index (χ1n) is 7.06. The number of carbonyl (C=O) groups excluding carboxylic acids is 2. The summed E-state index contributed by atoms with van der Waals surface area (Å²) in [6, 6.07) is 6.03. The van der Waals surface area contributed by atoms with Gasteiger partial charge in [-0.2, -0.15) is 0 Å². The first-order valence-corrected chi connectivity index (χ1v) is 7.06. The van der Waals surface area contributed by atoms with E-state index in [1.165, 1.54) is 17.5 Å². The van der Waals surface area contributed by atoms with Crippen molar-refractivity contribution in [2.45, 2.75) is 40.0 Å². The van der Waals surface area contributed by atoms with E-state index in [0.29, 0.717) is 0 Å². The Morgan fingerprint density at radius 1 is 1.15 bits per heavy atom. The zero-order valence-corrected chi connectivity index (χ0v) is 12.4. The van der Waals surface area contributed by atoms with Crippen molar-refractivity contribution >= 4 is 17.5 Å². The molecule has 2 rings (SSSR count). The molecule has 0 saturated carbocycles. The Morgan fingerprint density at radius 2 is 1.85 bits per heavy atom. The number of carbonyl (C=O) groups is 2. The van der Waals surface area contributed by atoms with Gasteiger partial charge in [-0.3, -0.25) is 9.59 Å². The molecule has 4 heteroatoms. The highest BCUT2D eigenvalue weighted by Crippen LogP contribution is 2.24. The van der Waals surface area contributed by atoms with E-state index >= 15 is 0 Å². The lowest BCUT2D eigenvalue weighted by atomic mass is 9.96. The summed E-state index contributed by atoms with van der Waals surface area (Å²) in [5, 5.41) is 5.47. The number of hydrogen-bond acceptors (Lipinski definition) is 2. The summed E-state index contributed by atoms with van der Waals surface area (Å²) in [6.45, 7) is 5.47. The Hall–Kier alpha value is -1.84. The number of fused-ring (bicyclic) bond motifs is 1. The van der Waals surface area contributed by atoms with Crippen LogP contribution in [0.3, 0.4) is 0 Å². The Bertz CT molecular complexity index is 530. The average molecular weight is 274 g/mol. The van der Waals surface area contributed by atoms with Gasteiger partial charge < -0.3 is 10.6 Å². The molecule has 1 aliphatic carbocycles. The Labute approximate surface area is 119 Å². The number of benzene rings is 1. The van der Waals surface area contributed by atoms with E-state index in [1.54, 1.807) is 0 Å². The largest absolute Gasteiger partial charge is 0.347 e. The predicted octanol–water partition coefficient (Wildman–Crippen LogP) is 2.28. The van der Waals surface area contributed by atoms with Crippen molar-refractivity contribution in [3.05, 3.63) is 29.3 Å². The molecule has 0 heterocycles. The SMILES string of the molecule is CC(C)(C)C(=O)NCC(=O)Nc1ccc2c(c1)CCC2. The zero-order valence-electron chi connectivity index (χ0n) is 12.4. The molecule has 0 aliphatic heterocycles. The second-order valence-corrected chi connectivity index (χ2v) is 6.32. The van der Waals surface area contributed by atoms with Crippen LogP contribution >= 0.6 is 0 Å². The molecular formula is C16H22N2O2. The van der Waals surface area contributed by atoms with Crippen LogP contribution in [0.15, 0.2) is 18.2 Å². The van der Waals surface area contributed by atoms with E-state index in [0.717, 1.165) is 18.5 Å². The van der Waals surface area contributed by atoms with Crippen LogP contribution in [-0.2, 0) is 22.4 Å². The maximum absolute atomic E-state index is 11.8. The monoisotopic (exact) mass is 274 g/mol. The second-order valence-electron chi connectivity index (χ2n) is 6.32. The van der Waals surface area contributed by atoms with Gasteiger partial charge in [-0.15, -0.1) is 0 Å². The number of amides is 2. The van der Waals surface area contributed by atoms with Crippen molar-refractivity contribution < 1.29 is 9.59 Å². The molecule has 0 radical (unpaired) electrons. The molecule has 1 aliphatic rings. The summed E-state index contributed by atoms with van der Waals surface area (Å²) in [5.41, 5.74) is 3.03. The van der Waals surface area contributed by atoms with Crippen LogP contribution in [0.5, 0.6) is 0 Å². The minimum absolute atomic E-state index is 0.00713. The summed E-state index contributed by atoms with van der Waals surface area (Å²) in [5.74, 6) is -0.317. The molecule has 108 valence electrons. The smallest absolute Gasteiger partial charge is 0.243 e. The standard InChI is InChI=1S/C16H22N2O2/c1-16(2,3)15(20)17-10-14(19)18-13-8-7-11-5-4-6-12(11)9-13/h7-9H,4-6,10H2,1-3H3,(H,17,20)(H,18,19). The highest BCUT2D eigenvalue weighted by molar-refractivity contribution is 5.95. The minimum atomic E-state index is -0.478. The number of anilines is 1. The van der Waals surface area contributed by atoms with Crippen molar-refractivity contribution in [1.29, 1.82) is 0 Å². The molecule has 0 spiro atoms. The molecule has 0 fully saturated rings. The topological polar surface area (TPSA) is 58.2 Å². The molecule has 2 amide bonds. The van der Waals surface area contributed by atoms with Crippen molar-refractivity contribution in [3.63, 3.8) is 0 Å². The van der Waals surface area contributed by atoms with Crippen molar-refractivity contribution in [1.82, 2.24) is 5.32 Å². The second kappa shape index (κ2) is 5.65. The van der Waals surface area contributed by atoms with Crippen molar-refractivity contribution in [3.8, 4) is 0 Å². The lowest BCUT2D eigenvalue weighted by Gasteiger charge is -2.17. The first-order chi connectivity index (χ1) is 9.36. The molecule has 0 saturated heterocycles. The van der Waals surface area contributed by atoms with Crippen LogP contribution in [0.25, 0.3) is 0 Å². The van der Waals surface area contributed by atoms with Gasteiger partial charge in [0.2, 0.25) is 11.8 Å². The summed E-state index contributed by atoms with van der Waals surface area (Å²) >= 11 is 0. The Balaban J connectivity index is 1.87. The van der Waals surface area contributed by atoms with E-state index in [1.807, 2.05) is 32.9 Å². The minimum Gasteiger partial charge on any atom is -0.347 e. The fourth-order valence-corrected chi connectivity index (χ4v) is 2.28. The maximum Gasteiger partial charge on any atom is 0.243 e. The molecule has 1 aromatic rings. The van der Waals surface area contributed by atoms with Crippen LogP contribution < -0.4 is 10.6 Å². The lowest BCUT2D eigenvalue weighted by molar-refractivity contribution is -0.130. The Morgan fingerprint density at radius 3 is 2.55 bits per heavy atom. The molecule has 0 atom stereocenters. The van der Waals surface area contributed by atoms with Gasteiger partial charge >= 0.3 is 0 Å². The van der Waals surface area contributed by atoms with E-state index in [4.69, 9.17) is 0 Å². The third-order valence-electron chi connectivity index (χ3n) is 3.47. The highest BCUT2D eigenvalue weighted by Gasteiger charge is 2.21.